The molecule has 2 nitrogen and oxygen atoms in total. The van der Waals surface area contributed by atoms with Crippen LogP contribution in [0.4, 0.5) is 8.78 Å². The molecule has 2 rings (SSSR count). The summed E-state index contributed by atoms with van der Waals surface area (Å²) in [6.07, 6.45) is 6.40. The minimum Gasteiger partial charge on any atom is -0.348 e. The molecule has 1 heterocycles. The Morgan fingerprint density at radius 2 is 1.84 bits per heavy atom. The van der Waals surface area contributed by atoms with E-state index in [0.29, 0.717) is 24.7 Å². The van der Waals surface area contributed by atoms with Crippen LogP contribution >= 0.6 is 0 Å². The van der Waals surface area contributed by atoms with Crippen molar-refractivity contribution >= 4 is 0 Å². The summed E-state index contributed by atoms with van der Waals surface area (Å²) in [7, 11) is 0. The maximum Gasteiger partial charge on any atom is 0.184 e. The van der Waals surface area contributed by atoms with Gasteiger partial charge in [-0.1, -0.05) is 19.3 Å². The van der Waals surface area contributed by atoms with Crippen LogP contribution in [0.2, 0.25) is 0 Å². The van der Waals surface area contributed by atoms with Crippen molar-refractivity contribution in [2.45, 2.75) is 26.1 Å². The van der Waals surface area contributed by atoms with E-state index < -0.39 is 17.9 Å². The van der Waals surface area contributed by atoms with Gasteiger partial charge in [0.2, 0.25) is 0 Å². The van der Waals surface area contributed by atoms with Gasteiger partial charge < -0.3 is 9.47 Å². The van der Waals surface area contributed by atoms with Gasteiger partial charge in [-0.3, -0.25) is 0 Å². The molecule has 1 aliphatic heterocycles. The summed E-state index contributed by atoms with van der Waals surface area (Å²) >= 11 is 0. The molecule has 0 aliphatic carbocycles. The fraction of sp³-hybridized carbons (Fsp3) is 0.467. The normalized spacial score (nSPS) is 23.1. The van der Waals surface area contributed by atoms with Crippen molar-refractivity contribution in [1.82, 2.24) is 0 Å². The Balaban J connectivity index is 2.10. The molecule has 0 N–H and O–H groups in total. The van der Waals surface area contributed by atoms with Crippen molar-refractivity contribution in [1.29, 1.82) is 0 Å². The van der Waals surface area contributed by atoms with Crippen LogP contribution in [0, 0.1) is 29.9 Å². The van der Waals surface area contributed by atoms with Gasteiger partial charge in [-0.25, -0.2) is 8.78 Å². The molecule has 1 aromatic carbocycles. The largest absolute Gasteiger partial charge is 0.348 e. The van der Waals surface area contributed by atoms with Gasteiger partial charge in [0, 0.05) is 11.5 Å². The Hall–Kier alpha value is -1.44. The molecule has 102 valence electrons. The molecule has 1 aliphatic rings. The van der Waals surface area contributed by atoms with Crippen LogP contribution in [0.5, 0.6) is 0 Å². The van der Waals surface area contributed by atoms with Crippen LogP contribution in [0.25, 0.3) is 0 Å². The zero-order chi connectivity index (χ0) is 13.8. The third-order valence-electron chi connectivity index (χ3n) is 3.14. The quantitative estimate of drug-likeness (QED) is 0.781. The number of ether oxygens (including phenoxy) is 2. The van der Waals surface area contributed by atoms with E-state index in [4.69, 9.17) is 15.9 Å². The Labute approximate surface area is 111 Å². The monoisotopic (exact) mass is 266 g/mol. The topological polar surface area (TPSA) is 18.5 Å². The van der Waals surface area contributed by atoms with E-state index in [1.807, 2.05) is 5.92 Å². The lowest BCUT2D eigenvalue weighted by Gasteiger charge is -2.29. The zero-order valence-corrected chi connectivity index (χ0v) is 10.8. The first-order valence-corrected chi connectivity index (χ1v) is 6.34. The molecule has 0 bridgehead atoms. The predicted octanol–water partition coefficient (Wildman–Crippen LogP) is 3.41. The molecule has 0 spiro atoms. The average Bonchev–Trinajstić information content (AvgIpc) is 2.39. The molecule has 0 saturated carbocycles. The van der Waals surface area contributed by atoms with Crippen LogP contribution in [-0.4, -0.2) is 13.2 Å². The minimum absolute atomic E-state index is 0.323. The Morgan fingerprint density at radius 1 is 1.26 bits per heavy atom. The fourth-order valence-electron chi connectivity index (χ4n) is 2.18. The Morgan fingerprint density at radius 3 is 2.32 bits per heavy atom. The Bertz CT molecular complexity index is 462. The van der Waals surface area contributed by atoms with Gasteiger partial charge in [0.1, 0.15) is 11.6 Å². The summed E-state index contributed by atoms with van der Waals surface area (Å²) in [6.45, 7) is 3.17. The molecular formula is C15H16F2O2. The molecule has 1 saturated heterocycles. The first kappa shape index (κ1) is 14.0. The van der Waals surface area contributed by atoms with E-state index in [1.165, 1.54) is 12.1 Å². The smallest absolute Gasteiger partial charge is 0.184 e. The number of terminal acetylenes is 1. The first-order chi connectivity index (χ1) is 9.15. The summed E-state index contributed by atoms with van der Waals surface area (Å²) in [6, 6.07) is 2.34. The lowest BCUT2D eigenvalue weighted by molar-refractivity contribution is -0.206. The van der Waals surface area contributed by atoms with Gasteiger partial charge >= 0.3 is 0 Å². The van der Waals surface area contributed by atoms with Crippen molar-refractivity contribution in [3.05, 3.63) is 34.9 Å². The van der Waals surface area contributed by atoms with Gasteiger partial charge in [-0.05, 0) is 18.6 Å². The van der Waals surface area contributed by atoms with Gasteiger partial charge in [-0.2, -0.15) is 0 Å². The lowest BCUT2D eigenvalue weighted by Crippen LogP contribution is -2.27. The molecule has 19 heavy (non-hydrogen) atoms. The van der Waals surface area contributed by atoms with Crippen LogP contribution in [0.3, 0.4) is 0 Å². The molecular weight excluding hydrogens is 250 g/mol. The van der Waals surface area contributed by atoms with E-state index in [2.05, 4.69) is 6.92 Å². The Kier molecular flexibility index (Phi) is 4.52. The molecule has 0 aromatic heterocycles. The number of benzene rings is 1. The molecule has 0 unspecified atom stereocenters. The molecule has 0 amide bonds. The SMILES string of the molecule is C#Cc1c(F)cc(C2OCC(CCC)CO2)cc1F. The molecule has 1 fully saturated rings. The highest BCUT2D eigenvalue weighted by molar-refractivity contribution is 5.37. The van der Waals surface area contributed by atoms with E-state index in [0.717, 1.165) is 12.8 Å². The second kappa shape index (κ2) is 6.14. The van der Waals surface area contributed by atoms with E-state index in [1.54, 1.807) is 0 Å². The second-order valence-electron chi connectivity index (χ2n) is 4.66. The van der Waals surface area contributed by atoms with Crippen LogP contribution in [0.15, 0.2) is 12.1 Å². The van der Waals surface area contributed by atoms with E-state index in [-0.39, 0.29) is 5.56 Å². The summed E-state index contributed by atoms with van der Waals surface area (Å²) in [5.74, 6) is 0.807. The predicted molar refractivity (Wildman–Crippen MR) is 67.3 cm³/mol. The second-order valence-corrected chi connectivity index (χ2v) is 4.66. The standard InChI is InChI=1S/C15H16F2O2/c1-3-5-10-8-18-15(19-9-10)11-6-13(16)12(4-2)14(17)7-11/h2,6-7,10,15H,3,5,8-9H2,1H3. The van der Waals surface area contributed by atoms with Crippen LogP contribution in [0.1, 0.15) is 37.2 Å². The van der Waals surface area contributed by atoms with Crippen molar-refractivity contribution in [3.63, 3.8) is 0 Å². The van der Waals surface area contributed by atoms with E-state index in [9.17, 15) is 8.78 Å². The maximum atomic E-state index is 13.6. The van der Waals surface area contributed by atoms with Crippen molar-refractivity contribution < 1.29 is 18.3 Å². The third kappa shape index (κ3) is 3.12. The number of rotatable bonds is 3. The van der Waals surface area contributed by atoms with Crippen LogP contribution in [-0.2, 0) is 9.47 Å². The van der Waals surface area contributed by atoms with Crippen LogP contribution < -0.4 is 0 Å². The van der Waals surface area contributed by atoms with E-state index >= 15 is 0 Å². The van der Waals surface area contributed by atoms with Gasteiger partial charge in [0.05, 0.1) is 18.8 Å². The zero-order valence-electron chi connectivity index (χ0n) is 10.8. The molecule has 0 atom stereocenters. The first-order valence-electron chi connectivity index (χ1n) is 6.34. The van der Waals surface area contributed by atoms with Gasteiger partial charge in [0.15, 0.2) is 6.29 Å². The van der Waals surface area contributed by atoms with Crippen molar-refractivity contribution in [3.8, 4) is 12.3 Å². The van der Waals surface area contributed by atoms with Gasteiger partial charge in [-0.15, -0.1) is 6.42 Å². The fourth-order valence-corrected chi connectivity index (χ4v) is 2.18. The van der Waals surface area contributed by atoms with Gasteiger partial charge in [0.25, 0.3) is 0 Å². The summed E-state index contributed by atoms with van der Waals surface area (Å²) in [5, 5.41) is 0. The van der Waals surface area contributed by atoms with Crippen molar-refractivity contribution in [2.75, 3.05) is 13.2 Å². The number of hydrogen-bond donors (Lipinski definition) is 0. The summed E-state index contributed by atoms with van der Waals surface area (Å²) < 4.78 is 38.2. The molecule has 0 radical (unpaired) electrons. The molecule has 4 heteroatoms. The van der Waals surface area contributed by atoms with Crippen molar-refractivity contribution in [2.24, 2.45) is 5.92 Å². The minimum atomic E-state index is -0.764. The number of halogens is 2. The lowest BCUT2D eigenvalue weighted by atomic mass is 10.0. The summed E-state index contributed by atoms with van der Waals surface area (Å²) in [4.78, 5) is 0. The summed E-state index contributed by atoms with van der Waals surface area (Å²) in [5.41, 5.74) is -0.0348. The average molecular weight is 266 g/mol. The maximum absolute atomic E-state index is 13.6. The molecule has 1 aromatic rings. The number of hydrogen-bond acceptors (Lipinski definition) is 2. The highest BCUT2D eigenvalue weighted by Crippen LogP contribution is 2.28. The third-order valence-corrected chi connectivity index (χ3v) is 3.14. The highest BCUT2D eigenvalue weighted by Gasteiger charge is 2.24. The highest BCUT2D eigenvalue weighted by atomic mass is 19.1.